The van der Waals surface area contributed by atoms with Gasteiger partial charge in [-0.1, -0.05) is 6.92 Å². The first-order chi connectivity index (χ1) is 12.1. The van der Waals surface area contributed by atoms with Gasteiger partial charge in [-0.15, -0.1) is 10.2 Å². The Balaban J connectivity index is 1.87. The molecule has 0 atom stereocenters. The number of hydrogen-bond acceptors (Lipinski definition) is 4. The zero-order valence-corrected chi connectivity index (χ0v) is 14.9. The smallest absolute Gasteiger partial charge is 0.224 e. The van der Waals surface area contributed by atoms with Gasteiger partial charge >= 0.3 is 0 Å². The first-order valence-corrected chi connectivity index (χ1v) is 8.67. The predicted molar refractivity (Wildman–Crippen MR) is 101 cm³/mol. The summed E-state index contributed by atoms with van der Waals surface area (Å²) in [7, 11) is 0. The van der Waals surface area contributed by atoms with E-state index in [9.17, 15) is 4.79 Å². The van der Waals surface area contributed by atoms with Crippen LogP contribution >= 0.6 is 0 Å². The van der Waals surface area contributed by atoms with E-state index in [1.54, 1.807) is 4.80 Å². The van der Waals surface area contributed by atoms with Crippen LogP contribution in [0.1, 0.15) is 27.2 Å². The van der Waals surface area contributed by atoms with Crippen LogP contribution in [0.4, 0.5) is 11.4 Å². The van der Waals surface area contributed by atoms with E-state index in [1.807, 2.05) is 37.3 Å². The third-order valence-corrected chi connectivity index (χ3v) is 4.19. The van der Waals surface area contributed by atoms with E-state index in [-0.39, 0.29) is 5.91 Å². The Bertz CT molecular complexity index is 865. The molecule has 0 aliphatic carbocycles. The van der Waals surface area contributed by atoms with Gasteiger partial charge in [-0.2, -0.15) is 4.80 Å². The number of carbonyl (C=O) groups is 1. The summed E-state index contributed by atoms with van der Waals surface area (Å²) in [5.41, 5.74) is 4.38. The molecule has 0 bridgehead atoms. The molecule has 25 heavy (non-hydrogen) atoms. The van der Waals surface area contributed by atoms with Gasteiger partial charge in [-0.05, 0) is 56.3 Å². The molecule has 130 valence electrons. The summed E-state index contributed by atoms with van der Waals surface area (Å²) >= 11 is 0. The van der Waals surface area contributed by atoms with Crippen LogP contribution in [0, 0.1) is 0 Å². The van der Waals surface area contributed by atoms with E-state index in [4.69, 9.17) is 0 Å². The number of benzene rings is 2. The zero-order chi connectivity index (χ0) is 17.8. The molecule has 3 aromatic rings. The van der Waals surface area contributed by atoms with Crippen LogP contribution < -0.4 is 10.2 Å². The van der Waals surface area contributed by atoms with Crippen LogP contribution in [-0.4, -0.2) is 34.0 Å². The van der Waals surface area contributed by atoms with Gasteiger partial charge in [0.25, 0.3) is 0 Å². The first kappa shape index (κ1) is 17.0. The fourth-order valence-electron chi connectivity index (χ4n) is 2.74. The van der Waals surface area contributed by atoms with Crippen molar-refractivity contribution in [3.05, 3.63) is 42.5 Å². The molecule has 0 radical (unpaired) electrons. The van der Waals surface area contributed by atoms with Gasteiger partial charge in [0.05, 0.1) is 5.69 Å². The molecule has 1 amide bonds. The van der Waals surface area contributed by atoms with E-state index in [1.165, 1.54) is 5.69 Å². The second-order valence-electron chi connectivity index (χ2n) is 5.78. The molecule has 0 fully saturated rings. The fraction of sp³-hybridized carbons (Fsp3) is 0.316. The Morgan fingerprint density at radius 3 is 2.32 bits per heavy atom. The van der Waals surface area contributed by atoms with Gasteiger partial charge in [0.1, 0.15) is 11.0 Å². The van der Waals surface area contributed by atoms with Crippen LogP contribution in [0.2, 0.25) is 0 Å². The third kappa shape index (κ3) is 3.63. The maximum atomic E-state index is 11.5. The van der Waals surface area contributed by atoms with Crippen molar-refractivity contribution in [2.45, 2.75) is 27.2 Å². The number of nitrogens with one attached hydrogen (secondary N) is 1. The van der Waals surface area contributed by atoms with E-state index < -0.39 is 0 Å². The Morgan fingerprint density at radius 2 is 1.68 bits per heavy atom. The highest BCUT2D eigenvalue weighted by atomic mass is 16.1. The van der Waals surface area contributed by atoms with Crippen LogP contribution in [0.15, 0.2) is 42.5 Å². The number of amides is 1. The Hall–Kier alpha value is -2.89. The standard InChI is InChI=1S/C19H23N5O/c1-4-19(25)20-14-7-12-17-18(13-14)22-24(21-17)16-10-8-15(9-11-16)23(5-2)6-3/h7-13H,4-6H2,1-3H3,(H,20,25). The maximum absolute atomic E-state index is 11.5. The van der Waals surface area contributed by atoms with Gasteiger partial charge in [0, 0.05) is 30.9 Å². The summed E-state index contributed by atoms with van der Waals surface area (Å²) in [5.74, 6) is -0.0151. The summed E-state index contributed by atoms with van der Waals surface area (Å²) in [6.07, 6.45) is 0.448. The molecular weight excluding hydrogens is 314 g/mol. The number of aromatic nitrogens is 3. The van der Waals surface area contributed by atoms with Crippen LogP contribution in [-0.2, 0) is 4.79 Å². The van der Waals surface area contributed by atoms with E-state index in [2.05, 4.69) is 46.4 Å². The SMILES string of the molecule is CCC(=O)Nc1ccc2nn(-c3ccc(N(CC)CC)cc3)nc2c1. The predicted octanol–water partition coefficient (Wildman–Crippen LogP) is 3.62. The van der Waals surface area contributed by atoms with Crippen molar-refractivity contribution in [2.24, 2.45) is 0 Å². The largest absolute Gasteiger partial charge is 0.372 e. The third-order valence-electron chi connectivity index (χ3n) is 4.19. The minimum Gasteiger partial charge on any atom is -0.372 e. The highest BCUT2D eigenvalue weighted by Crippen LogP contribution is 2.20. The number of fused-ring (bicyclic) bond motifs is 1. The zero-order valence-electron chi connectivity index (χ0n) is 14.9. The second-order valence-corrected chi connectivity index (χ2v) is 5.78. The Labute approximate surface area is 147 Å². The number of carbonyl (C=O) groups excluding carboxylic acids is 1. The van der Waals surface area contributed by atoms with Crippen molar-refractivity contribution < 1.29 is 4.79 Å². The molecule has 1 aromatic heterocycles. The molecule has 0 aliphatic rings. The molecule has 6 heteroatoms. The summed E-state index contributed by atoms with van der Waals surface area (Å²) in [5, 5.41) is 11.9. The summed E-state index contributed by atoms with van der Waals surface area (Å²) in [6, 6.07) is 13.8. The van der Waals surface area contributed by atoms with Gasteiger partial charge in [-0.3, -0.25) is 4.79 Å². The van der Waals surface area contributed by atoms with Crippen molar-refractivity contribution >= 4 is 28.3 Å². The van der Waals surface area contributed by atoms with Crippen molar-refractivity contribution in [1.82, 2.24) is 15.0 Å². The first-order valence-electron chi connectivity index (χ1n) is 8.67. The lowest BCUT2D eigenvalue weighted by Crippen LogP contribution is -2.21. The Kier molecular flexibility index (Phi) is 4.97. The van der Waals surface area contributed by atoms with Gasteiger partial charge in [0.15, 0.2) is 0 Å². The normalized spacial score (nSPS) is 10.8. The number of anilines is 2. The average molecular weight is 337 g/mol. The molecule has 0 spiro atoms. The molecule has 1 heterocycles. The van der Waals surface area contributed by atoms with E-state index >= 15 is 0 Å². The minimum absolute atomic E-state index is 0.0151. The van der Waals surface area contributed by atoms with Crippen LogP contribution in [0.3, 0.4) is 0 Å². The molecule has 6 nitrogen and oxygen atoms in total. The molecular formula is C19H23N5O. The van der Waals surface area contributed by atoms with Crippen molar-refractivity contribution in [3.8, 4) is 5.69 Å². The monoisotopic (exact) mass is 337 g/mol. The average Bonchev–Trinajstić information content (AvgIpc) is 3.06. The summed E-state index contributed by atoms with van der Waals surface area (Å²) < 4.78 is 0. The fourth-order valence-corrected chi connectivity index (χ4v) is 2.74. The molecule has 0 saturated carbocycles. The number of nitrogens with zero attached hydrogens (tertiary/aromatic N) is 4. The minimum atomic E-state index is -0.0151. The molecule has 2 aromatic carbocycles. The maximum Gasteiger partial charge on any atom is 0.224 e. The summed E-state index contributed by atoms with van der Waals surface area (Å²) in [6.45, 7) is 8.08. The molecule has 3 rings (SSSR count). The van der Waals surface area contributed by atoms with Crippen LogP contribution in [0.5, 0.6) is 0 Å². The van der Waals surface area contributed by atoms with Gasteiger partial charge < -0.3 is 10.2 Å². The summed E-state index contributed by atoms with van der Waals surface area (Å²) in [4.78, 5) is 15.4. The molecule has 1 N–H and O–H groups in total. The highest BCUT2D eigenvalue weighted by molar-refractivity contribution is 5.92. The lowest BCUT2D eigenvalue weighted by Gasteiger charge is -2.20. The lowest BCUT2D eigenvalue weighted by molar-refractivity contribution is -0.115. The molecule has 0 aliphatic heterocycles. The van der Waals surface area contributed by atoms with E-state index in [0.29, 0.717) is 6.42 Å². The Morgan fingerprint density at radius 1 is 1.00 bits per heavy atom. The van der Waals surface area contributed by atoms with Crippen molar-refractivity contribution in [1.29, 1.82) is 0 Å². The van der Waals surface area contributed by atoms with Crippen LogP contribution in [0.25, 0.3) is 16.7 Å². The molecule has 0 saturated heterocycles. The topological polar surface area (TPSA) is 63.1 Å². The number of hydrogen-bond donors (Lipinski definition) is 1. The number of rotatable bonds is 6. The second kappa shape index (κ2) is 7.34. The highest BCUT2D eigenvalue weighted by Gasteiger charge is 2.08. The lowest BCUT2D eigenvalue weighted by atomic mass is 10.2. The van der Waals surface area contributed by atoms with Gasteiger partial charge in [0.2, 0.25) is 5.91 Å². The van der Waals surface area contributed by atoms with Crippen molar-refractivity contribution in [2.75, 3.05) is 23.3 Å². The van der Waals surface area contributed by atoms with Crippen molar-refractivity contribution in [3.63, 3.8) is 0 Å². The quantitative estimate of drug-likeness (QED) is 0.746. The van der Waals surface area contributed by atoms with E-state index in [0.717, 1.165) is 35.5 Å². The molecule has 0 unspecified atom stereocenters. The van der Waals surface area contributed by atoms with Gasteiger partial charge in [-0.25, -0.2) is 0 Å².